The molecule has 2 unspecified atom stereocenters. The summed E-state index contributed by atoms with van der Waals surface area (Å²) in [6.45, 7) is 8.38. The van der Waals surface area contributed by atoms with Gasteiger partial charge in [0.1, 0.15) is 0 Å². The minimum Gasteiger partial charge on any atom is -0.481 e. The van der Waals surface area contributed by atoms with Crippen LogP contribution in [0.2, 0.25) is 0 Å². The molecule has 0 aliphatic carbocycles. The van der Waals surface area contributed by atoms with Crippen LogP contribution in [0.1, 0.15) is 33.6 Å². The molecule has 0 radical (unpaired) electrons. The zero-order valence-electron chi connectivity index (χ0n) is 9.36. The van der Waals surface area contributed by atoms with Gasteiger partial charge in [-0.15, -0.1) is 0 Å². The average Bonchev–Trinajstić information content (AvgIpc) is 2.26. The van der Waals surface area contributed by atoms with Crippen molar-refractivity contribution in [1.82, 2.24) is 4.90 Å². The molecule has 0 spiro atoms. The summed E-state index contributed by atoms with van der Waals surface area (Å²) in [7, 11) is 0. The largest absolute Gasteiger partial charge is 0.481 e. The molecule has 1 aliphatic heterocycles. The Labute approximate surface area is 86.1 Å². The highest BCUT2D eigenvalue weighted by Gasteiger charge is 2.28. The molecule has 0 saturated carbocycles. The molecule has 1 rings (SSSR count). The summed E-state index contributed by atoms with van der Waals surface area (Å²) in [5.41, 5.74) is 0. The van der Waals surface area contributed by atoms with E-state index in [1.54, 1.807) is 0 Å². The second kappa shape index (κ2) is 4.78. The van der Waals surface area contributed by atoms with Gasteiger partial charge in [-0.2, -0.15) is 0 Å². The molecule has 2 atom stereocenters. The fourth-order valence-corrected chi connectivity index (χ4v) is 2.16. The third-order valence-corrected chi connectivity index (χ3v) is 3.33. The number of carboxylic acids is 1. The number of rotatable bonds is 2. The molecule has 3 heteroatoms. The Balaban J connectivity index is 2.58. The Morgan fingerprint density at radius 3 is 2.43 bits per heavy atom. The van der Waals surface area contributed by atoms with Gasteiger partial charge in [-0.05, 0) is 45.7 Å². The van der Waals surface area contributed by atoms with Gasteiger partial charge in [0.05, 0.1) is 5.92 Å². The molecule has 0 aromatic carbocycles. The number of nitrogens with zero attached hydrogens (tertiary/aromatic N) is 1. The van der Waals surface area contributed by atoms with Gasteiger partial charge in [-0.1, -0.05) is 6.92 Å². The van der Waals surface area contributed by atoms with Crippen LogP contribution in [0, 0.1) is 11.8 Å². The first kappa shape index (κ1) is 11.5. The minimum atomic E-state index is -0.622. The molecular formula is C11H21NO2. The molecule has 1 saturated heterocycles. The van der Waals surface area contributed by atoms with Gasteiger partial charge < -0.3 is 10.0 Å². The molecule has 1 N–H and O–H groups in total. The zero-order valence-corrected chi connectivity index (χ0v) is 9.36. The van der Waals surface area contributed by atoms with E-state index >= 15 is 0 Å². The van der Waals surface area contributed by atoms with Gasteiger partial charge in [0.15, 0.2) is 0 Å². The normalized spacial score (nSPS) is 30.3. The van der Waals surface area contributed by atoms with E-state index in [4.69, 9.17) is 5.11 Å². The van der Waals surface area contributed by atoms with Crippen LogP contribution in [0.15, 0.2) is 0 Å². The van der Waals surface area contributed by atoms with Crippen molar-refractivity contribution in [3.8, 4) is 0 Å². The Morgan fingerprint density at radius 2 is 1.93 bits per heavy atom. The number of carboxylic acid groups (broad SMARTS) is 1. The minimum absolute atomic E-state index is 0.140. The third-order valence-electron chi connectivity index (χ3n) is 3.33. The van der Waals surface area contributed by atoms with Crippen molar-refractivity contribution in [1.29, 1.82) is 0 Å². The third kappa shape index (κ3) is 2.71. The summed E-state index contributed by atoms with van der Waals surface area (Å²) in [4.78, 5) is 13.3. The van der Waals surface area contributed by atoms with E-state index in [9.17, 15) is 4.79 Å². The SMILES string of the molecule is CC1CCN(C(C)C)CCC1C(=O)O. The fourth-order valence-electron chi connectivity index (χ4n) is 2.16. The average molecular weight is 199 g/mol. The van der Waals surface area contributed by atoms with Crippen molar-refractivity contribution < 1.29 is 9.90 Å². The highest BCUT2D eigenvalue weighted by atomic mass is 16.4. The summed E-state index contributed by atoms with van der Waals surface area (Å²) in [6, 6.07) is 0.537. The molecule has 0 aromatic heterocycles. The monoisotopic (exact) mass is 199 g/mol. The maximum atomic E-state index is 11.0. The zero-order chi connectivity index (χ0) is 10.7. The van der Waals surface area contributed by atoms with Crippen molar-refractivity contribution in [3.63, 3.8) is 0 Å². The molecule has 1 heterocycles. The van der Waals surface area contributed by atoms with Gasteiger partial charge in [0.2, 0.25) is 0 Å². The Bertz CT molecular complexity index is 203. The predicted molar refractivity (Wildman–Crippen MR) is 56.2 cm³/mol. The first-order chi connectivity index (χ1) is 6.52. The second-order valence-electron chi connectivity index (χ2n) is 4.63. The van der Waals surface area contributed by atoms with E-state index < -0.39 is 5.97 Å². The van der Waals surface area contributed by atoms with E-state index in [0.717, 1.165) is 25.9 Å². The van der Waals surface area contributed by atoms with Crippen LogP contribution < -0.4 is 0 Å². The van der Waals surface area contributed by atoms with E-state index in [1.165, 1.54) is 0 Å². The number of likely N-dealkylation sites (tertiary alicyclic amines) is 1. The summed E-state index contributed by atoms with van der Waals surface area (Å²) < 4.78 is 0. The van der Waals surface area contributed by atoms with Crippen LogP contribution in [0.25, 0.3) is 0 Å². The van der Waals surface area contributed by atoms with Crippen LogP contribution >= 0.6 is 0 Å². The van der Waals surface area contributed by atoms with Gasteiger partial charge in [-0.25, -0.2) is 0 Å². The van der Waals surface area contributed by atoms with Crippen LogP contribution in [0.5, 0.6) is 0 Å². The van der Waals surface area contributed by atoms with Crippen molar-refractivity contribution in [2.45, 2.75) is 39.7 Å². The highest BCUT2D eigenvalue weighted by molar-refractivity contribution is 5.70. The predicted octanol–water partition coefficient (Wildman–Crippen LogP) is 1.83. The van der Waals surface area contributed by atoms with Crippen molar-refractivity contribution >= 4 is 5.97 Å². The van der Waals surface area contributed by atoms with Crippen LogP contribution in [-0.2, 0) is 4.79 Å². The molecule has 3 nitrogen and oxygen atoms in total. The van der Waals surface area contributed by atoms with E-state index in [2.05, 4.69) is 25.7 Å². The van der Waals surface area contributed by atoms with Crippen LogP contribution in [0.3, 0.4) is 0 Å². The Hall–Kier alpha value is -0.570. The quantitative estimate of drug-likeness (QED) is 0.737. The Morgan fingerprint density at radius 1 is 1.36 bits per heavy atom. The van der Waals surface area contributed by atoms with E-state index in [-0.39, 0.29) is 5.92 Å². The number of hydrogen-bond acceptors (Lipinski definition) is 2. The number of aliphatic carboxylic acids is 1. The van der Waals surface area contributed by atoms with Crippen LogP contribution in [0.4, 0.5) is 0 Å². The molecule has 1 aliphatic rings. The first-order valence-corrected chi connectivity index (χ1v) is 5.49. The number of carbonyl (C=O) groups is 1. The van der Waals surface area contributed by atoms with Gasteiger partial charge in [-0.3, -0.25) is 4.79 Å². The summed E-state index contributed by atoms with van der Waals surface area (Å²) >= 11 is 0. The van der Waals surface area contributed by atoms with Gasteiger partial charge in [0.25, 0.3) is 0 Å². The van der Waals surface area contributed by atoms with Crippen LogP contribution in [-0.4, -0.2) is 35.1 Å². The standard InChI is InChI=1S/C11H21NO2/c1-8(2)12-6-4-9(3)10(5-7-12)11(13)14/h8-10H,4-7H2,1-3H3,(H,13,14). The topological polar surface area (TPSA) is 40.5 Å². The molecule has 0 aromatic rings. The molecule has 0 bridgehead atoms. The fraction of sp³-hybridized carbons (Fsp3) is 0.909. The maximum absolute atomic E-state index is 11.0. The lowest BCUT2D eigenvalue weighted by Crippen LogP contribution is -2.31. The number of hydrogen-bond donors (Lipinski definition) is 1. The summed E-state index contributed by atoms with van der Waals surface area (Å²) in [5.74, 6) is -0.446. The molecule has 1 fully saturated rings. The lowest BCUT2D eigenvalue weighted by Gasteiger charge is -2.24. The smallest absolute Gasteiger partial charge is 0.306 e. The Kier molecular flexibility index (Phi) is 3.93. The highest BCUT2D eigenvalue weighted by Crippen LogP contribution is 2.24. The lowest BCUT2D eigenvalue weighted by atomic mass is 9.90. The molecule has 14 heavy (non-hydrogen) atoms. The van der Waals surface area contributed by atoms with E-state index in [0.29, 0.717) is 12.0 Å². The van der Waals surface area contributed by atoms with Gasteiger partial charge >= 0.3 is 5.97 Å². The second-order valence-corrected chi connectivity index (χ2v) is 4.63. The molecular weight excluding hydrogens is 178 g/mol. The first-order valence-electron chi connectivity index (χ1n) is 5.49. The summed E-state index contributed by atoms with van der Waals surface area (Å²) in [6.07, 6.45) is 1.81. The lowest BCUT2D eigenvalue weighted by molar-refractivity contribution is -0.143. The maximum Gasteiger partial charge on any atom is 0.306 e. The van der Waals surface area contributed by atoms with Crippen molar-refractivity contribution in [3.05, 3.63) is 0 Å². The molecule has 82 valence electrons. The van der Waals surface area contributed by atoms with Crippen molar-refractivity contribution in [2.24, 2.45) is 11.8 Å². The molecule has 0 amide bonds. The summed E-state index contributed by atoms with van der Waals surface area (Å²) in [5, 5.41) is 9.04. The van der Waals surface area contributed by atoms with Gasteiger partial charge in [0, 0.05) is 6.04 Å². The van der Waals surface area contributed by atoms with E-state index in [1.807, 2.05) is 0 Å². The van der Waals surface area contributed by atoms with Crippen molar-refractivity contribution in [2.75, 3.05) is 13.1 Å².